The molecule has 0 radical (unpaired) electrons. The van der Waals surface area contributed by atoms with Gasteiger partial charge in [-0.25, -0.2) is 0 Å². The van der Waals surface area contributed by atoms with Gasteiger partial charge in [0.25, 0.3) is 0 Å². The first-order valence-electron chi connectivity index (χ1n) is 5.99. The summed E-state index contributed by atoms with van der Waals surface area (Å²) in [6, 6.07) is 4.03. The Morgan fingerprint density at radius 3 is 3.06 bits per heavy atom. The van der Waals surface area contributed by atoms with Crippen molar-refractivity contribution in [3.05, 3.63) is 17.7 Å². The topological polar surface area (TPSA) is 47.7 Å². The van der Waals surface area contributed by atoms with Crippen molar-refractivity contribution in [2.24, 2.45) is 0 Å². The largest absolute Gasteiger partial charge is 0.489 e. The second-order valence-corrected chi connectivity index (χ2v) is 4.36. The minimum Gasteiger partial charge on any atom is -0.489 e. The van der Waals surface area contributed by atoms with E-state index in [0.29, 0.717) is 0 Å². The number of methoxy groups -OCH3 is 1. The Morgan fingerprint density at radius 2 is 2.29 bits per heavy atom. The fourth-order valence-corrected chi connectivity index (χ4v) is 2.07. The van der Waals surface area contributed by atoms with Crippen LogP contribution in [0.2, 0.25) is 0 Å². The quantitative estimate of drug-likeness (QED) is 0.640. The standard InChI is InChI=1S/C13H20N2O2/c1-10-8-12-13(9-11(10)14)17-7-5-15(12)4-3-6-16-2/h8-9H,3-7,14H2,1-2H3. The lowest BCUT2D eigenvalue weighted by atomic mass is 10.1. The third kappa shape index (κ3) is 2.64. The van der Waals surface area contributed by atoms with Crippen molar-refractivity contribution < 1.29 is 9.47 Å². The van der Waals surface area contributed by atoms with Crippen LogP contribution in [0.4, 0.5) is 11.4 Å². The molecule has 17 heavy (non-hydrogen) atoms. The molecule has 1 aliphatic rings. The van der Waals surface area contributed by atoms with E-state index < -0.39 is 0 Å². The van der Waals surface area contributed by atoms with Gasteiger partial charge in [-0.15, -0.1) is 0 Å². The normalized spacial score (nSPS) is 14.4. The highest BCUT2D eigenvalue weighted by Gasteiger charge is 2.18. The third-order valence-electron chi connectivity index (χ3n) is 3.08. The fourth-order valence-electron chi connectivity index (χ4n) is 2.07. The molecule has 1 aromatic rings. The molecule has 0 fully saturated rings. The average Bonchev–Trinajstić information content (AvgIpc) is 2.32. The maximum Gasteiger partial charge on any atom is 0.144 e. The van der Waals surface area contributed by atoms with E-state index in [1.54, 1.807) is 7.11 Å². The molecule has 0 saturated heterocycles. The Labute approximate surface area is 102 Å². The number of hydrogen-bond acceptors (Lipinski definition) is 4. The summed E-state index contributed by atoms with van der Waals surface area (Å²) in [5, 5.41) is 0. The van der Waals surface area contributed by atoms with Gasteiger partial charge in [0.2, 0.25) is 0 Å². The van der Waals surface area contributed by atoms with E-state index >= 15 is 0 Å². The molecule has 0 bridgehead atoms. The summed E-state index contributed by atoms with van der Waals surface area (Å²) in [5.74, 6) is 0.900. The molecule has 0 aliphatic carbocycles. The molecule has 0 unspecified atom stereocenters. The lowest BCUT2D eigenvalue weighted by Crippen LogP contribution is -2.34. The SMILES string of the molecule is COCCCN1CCOc2cc(N)c(C)cc21. The molecule has 2 rings (SSSR count). The summed E-state index contributed by atoms with van der Waals surface area (Å²) in [6.07, 6.45) is 1.03. The number of hydrogen-bond donors (Lipinski definition) is 1. The summed E-state index contributed by atoms with van der Waals surface area (Å²) in [5.41, 5.74) is 8.94. The van der Waals surface area contributed by atoms with Crippen LogP contribution in [0.15, 0.2) is 12.1 Å². The summed E-state index contributed by atoms with van der Waals surface area (Å²) in [7, 11) is 1.73. The highest BCUT2D eigenvalue weighted by Crippen LogP contribution is 2.35. The van der Waals surface area contributed by atoms with E-state index in [0.717, 1.165) is 55.4 Å². The second kappa shape index (κ2) is 5.27. The van der Waals surface area contributed by atoms with Gasteiger partial charge in [-0.3, -0.25) is 0 Å². The van der Waals surface area contributed by atoms with Crippen LogP contribution in [0.25, 0.3) is 0 Å². The summed E-state index contributed by atoms with van der Waals surface area (Å²) in [6.45, 7) is 5.47. The molecule has 94 valence electrons. The number of aryl methyl sites for hydroxylation is 1. The number of rotatable bonds is 4. The molecular weight excluding hydrogens is 216 g/mol. The minimum absolute atomic E-state index is 0.725. The van der Waals surface area contributed by atoms with Crippen LogP contribution in [0.1, 0.15) is 12.0 Å². The highest BCUT2D eigenvalue weighted by atomic mass is 16.5. The molecular formula is C13H20N2O2. The van der Waals surface area contributed by atoms with Crippen molar-refractivity contribution >= 4 is 11.4 Å². The Kier molecular flexibility index (Phi) is 3.74. The van der Waals surface area contributed by atoms with Gasteiger partial charge >= 0.3 is 0 Å². The fraction of sp³-hybridized carbons (Fsp3) is 0.538. The van der Waals surface area contributed by atoms with Gasteiger partial charge in [0.05, 0.1) is 12.2 Å². The van der Waals surface area contributed by atoms with Gasteiger partial charge < -0.3 is 20.1 Å². The zero-order valence-corrected chi connectivity index (χ0v) is 10.5. The molecule has 4 heteroatoms. The number of anilines is 2. The van der Waals surface area contributed by atoms with Gasteiger partial charge in [-0.05, 0) is 25.0 Å². The molecule has 4 nitrogen and oxygen atoms in total. The zero-order chi connectivity index (χ0) is 12.3. The first-order valence-corrected chi connectivity index (χ1v) is 5.99. The Bertz CT molecular complexity index is 393. The van der Waals surface area contributed by atoms with Crippen molar-refractivity contribution in [1.82, 2.24) is 0 Å². The van der Waals surface area contributed by atoms with Crippen LogP contribution < -0.4 is 15.4 Å². The van der Waals surface area contributed by atoms with Crippen LogP contribution in [0.3, 0.4) is 0 Å². The van der Waals surface area contributed by atoms with E-state index in [1.807, 2.05) is 13.0 Å². The van der Waals surface area contributed by atoms with Crippen molar-refractivity contribution in [3.8, 4) is 5.75 Å². The van der Waals surface area contributed by atoms with Crippen molar-refractivity contribution in [3.63, 3.8) is 0 Å². The van der Waals surface area contributed by atoms with E-state index in [9.17, 15) is 0 Å². The smallest absolute Gasteiger partial charge is 0.144 e. The van der Waals surface area contributed by atoms with Crippen LogP contribution in [0, 0.1) is 6.92 Å². The Morgan fingerprint density at radius 1 is 1.47 bits per heavy atom. The van der Waals surface area contributed by atoms with Crippen molar-refractivity contribution in [2.75, 3.05) is 44.0 Å². The lowest BCUT2D eigenvalue weighted by Gasteiger charge is -2.31. The van der Waals surface area contributed by atoms with Gasteiger partial charge in [0.1, 0.15) is 12.4 Å². The number of nitrogens with two attached hydrogens (primary N) is 1. The molecule has 0 atom stereocenters. The summed E-state index contributed by atoms with van der Waals surface area (Å²) < 4.78 is 10.7. The highest BCUT2D eigenvalue weighted by molar-refractivity contribution is 5.68. The second-order valence-electron chi connectivity index (χ2n) is 4.36. The number of benzene rings is 1. The number of fused-ring (bicyclic) bond motifs is 1. The molecule has 0 aromatic heterocycles. The number of nitrogens with zero attached hydrogens (tertiary/aromatic N) is 1. The predicted molar refractivity (Wildman–Crippen MR) is 69.8 cm³/mol. The maximum atomic E-state index is 5.89. The molecule has 2 N–H and O–H groups in total. The first-order chi connectivity index (χ1) is 8.22. The number of nitrogen functional groups attached to an aromatic ring is 1. The average molecular weight is 236 g/mol. The zero-order valence-electron chi connectivity index (χ0n) is 10.5. The van der Waals surface area contributed by atoms with E-state index in [1.165, 1.54) is 0 Å². The van der Waals surface area contributed by atoms with Crippen LogP contribution in [-0.4, -0.2) is 33.4 Å². The van der Waals surface area contributed by atoms with Crippen LogP contribution in [-0.2, 0) is 4.74 Å². The first kappa shape index (κ1) is 12.0. The van der Waals surface area contributed by atoms with E-state index in [-0.39, 0.29) is 0 Å². The molecule has 1 heterocycles. The molecule has 0 spiro atoms. The summed E-state index contributed by atoms with van der Waals surface area (Å²) >= 11 is 0. The maximum absolute atomic E-state index is 5.89. The Hall–Kier alpha value is -1.42. The van der Waals surface area contributed by atoms with Gasteiger partial charge in [0, 0.05) is 32.0 Å². The molecule has 0 amide bonds. The van der Waals surface area contributed by atoms with Crippen LogP contribution >= 0.6 is 0 Å². The summed E-state index contributed by atoms with van der Waals surface area (Å²) in [4.78, 5) is 2.34. The van der Waals surface area contributed by atoms with E-state index in [2.05, 4.69) is 11.0 Å². The predicted octanol–water partition coefficient (Wildman–Crippen LogP) is 1.81. The number of ether oxygens (including phenoxy) is 2. The third-order valence-corrected chi connectivity index (χ3v) is 3.08. The monoisotopic (exact) mass is 236 g/mol. The molecule has 1 aromatic carbocycles. The van der Waals surface area contributed by atoms with Crippen LogP contribution in [0.5, 0.6) is 5.75 Å². The lowest BCUT2D eigenvalue weighted by molar-refractivity contribution is 0.195. The van der Waals surface area contributed by atoms with Gasteiger partial charge in [0.15, 0.2) is 0 Å². The van der Waals surface area contributed by atoms with Crippen molar-refractivity contribution in [1.29, 1.82) is 0 Å². The minimum atomic E-state index is 0.725. The van der Waals surface area contributed by atoms with E-state index in [4.69, 9.17) is 15.2 Å². The molecule has 1 aliphatic heterocycles. The van der Waals surface area contributed by atoms with Gasteiger partial charge in [-0.2, -0.15) is 0 Å². The van der Waals surface area contributed by atoms with Gasteiger partial charge in [-0.1, -0.05) is 0 Å². The Balaban J connectivity index is 2.15. The van der Waals surface area contributed by atoms with Crippen molar-refractivity contribution in [2.45, 2.75) is 13.3 Å². The molecule has 0 saturated carbocycles.